The summed E-state index contributed by atoms with van der Waals surface area (Å²) in [6.07, 6.45) is 4.56. The number of carbonyl (C=O) groups excluding carboxylic acids is 1. The van der Waals surface area contributed by atoms with Gasteiger partial charge in [-0.25, -0.2) is 0 Å². The Morgan fingerprint density at radius 3 is 2.31 bits per heavy atom. The van der Waals surface area contributed by atoms with E-state index in [2.05, 4.69) is 33.0 Å². The van der Waals surface area contributed by atoms with E-state index in [9.17, 15) is 14.7 Å². The number of hydrogen-bond donors (Lipinski definition) is 2. The van der Waals surface area contributed by atoms with Crippen LogP contribution in [0.4, 0.5) is 5.69 Å². The number of carboxylic acids is 1. The van der Waals surface area contributed by atoms with E-state index in [4.69, 9.17) is 18.3 Å². The average Bonchev–Trinajstić information content (AvgIpc) is 3.52. The third-order valence-corrected chi connectivity index (χ3v) is 7.69. The zero-order chi connectivity index (χ0) is 28.3. The van der Waals surface area contributed by atoms with E-state index >= 15 is 0 Å². The molecule has 0 radical (unpaired) electrons. The molecule has 39 heavy (non-hydrogen) atoms. The van der Waals surface area contributed by atoms with Crippen LogP contribution in [0.2, 0.25) is 0 Å². The van der Waals surface area contributed by atoms with Crippen molar-refractivity contribution in [2.75, 3.05) is 38.5 Å². The molecule has 1 atom stereocenters. The zero-order valence-electron chi connectivity index (χ0n) is 23.6. The lowest BCUT2D eigenvalue weighted by atomic mass is 9.94. The molecule has 0 amide bonds. The molecule has 9 nitrogen and oxygen atoms in total. The first-order chi connectivity index (χ1) is 18.8. The lowest BCUT2D eigenvalue weighted by Gasteiger charge is -2.26. The number of fused-ring (bicyclic) bond motifs is 1. The lowest BCUT2D eigenvalue weighted by Crippen LogP contribution is -2.28. The number of nitrogens with zero attached hydrogens (tertiary/aromatic N) is 1. The number of aliphatic carboxylic acids is 1. The molecule has 0 saturated heterocycles. The van der Waals surface area contributed by atoms with E-state index in [-0.39, 0.29) is 18.0 Å². The highest BCUT2D eigenvalue weighted by atomic mass is 31.2. The molecule has 1 aliphatic heterocycles. The molecule has 0 fully saturated rings. The van der Waals surface area contributed by atoms with Crippen molar-refractivity contribution in [2.45, 2.75) is 72.3 Å². The van der Waals surface area contributed by atoms with Crippen LogP contribution < -0.4 is 5.32 Å². The second-order valence-corrected chi connectivity index (χ2v) is 11.8. The first kappa shape index (κ1) is 31.2. The number of benzene rings is 1. The van der Waals surface area contributed by atoms with Gasteiger partial charge in [0.1, 0.15) is 0 Å². The number of carboxylic acid groups (broad SMARTS) is 1. The maximum atomic E-state index is 13.1. The summed E-state index contributed by atoms with van der Waals surface area (Å²) in [6.45, 7) is 11.5. The Hall–Kier alpha value is -2.29. The number of nitrogens with one attached hydrogen (secondary N) is 1. The van der Waals surface area contributed by atoms with Gasteiger partial charge in [-0.2, -0.15) is 0 Å². The van der Waals surface area contributed by atoms with Crippen molar-refractivity contribution < 1.29 is 33.0 Å². The van der Waals surface area contributed by atoms with Crippen LogP contribution >= 0.6 is 8.60 Å². The SMILES string of the molecule is CCCCOP(OCCCC)OCOCC(C)(C)CNc1ccc(C(=O)c2ccc3n2CCC3C(=O)O)cc1. The van der Waals surface area contributed by atoms with Gasteiger partial charge >= 0.3 is 14.6 Å². The van der Waals surface area contributed by atoms with E-state index < -0.39 is 20.5 Å². The van der Waals surface area contributed by atoms with E-state index in [1.165, 1.54) is 0 Å². The van der Waals surface area contributed by atoms with Crippen LogP contribution in [-0.4, -0.2) is 54.6 Å². The minimum Gasteiger partial charge on any atom is -0.481 e. The molecule has 0 spiro atoms. The standard InChI is InChI=1S/C29H43N2O7P/c1-5-7-17-36-39(37-18-8-6-2)38-21-35-20-29(3,4)19-30-23-11-9-22(10-12-23)27(32)26-14-13-25-24(28(33)34)15-16-31(25)26/h9-14,24,30H,5-8,15-21H2,1-4H3,(H,33,34). The van der Waals surface area contributed by atoms with Crippen molar-refractivity contribution >= 4 is 26.0 Å². The molecule has 0 saturated carbocycles. The second kappa shape index (κ2) is 15.5. The van der Waals surface area contributed by atoms with Crippen LogP contribution in [0.15, 0.2) is 36.4 Å². The molecule has 3 rings (SSSR count). The fourth-order valence-electron chi connectivity index (χ4n) is 4.25. The molecule has 2 heterocycles. The van der Waals surface area contributed by atoms with Gasteiger partial charge < -0.3 is 28.8 Å². The van der Waals surface area contributed by atoms with Crippen LogP contribution in [-0.2, 0) is 29.6 Å². The molecule has 10 heteroatoms. The Bertz CT molecular complexity index is 1040. The first-order valence-electron chi connectivity index (χ1n) is 13.8. The topological polar surface area (TPSA) is 108 Å². The van der Waals surface area contributed by atoms with Gasteiger partial charge in [-0.3, -0.25) is 14.1 Å². The van der Waals surface area contributed by atoms with Crippen LogP contribution in [0.3, 0.4) is 0 Å². The Balaban J connectivity index is 1.44. The molecule has 2 N–H and O–H groups in total. The van der Waals surface area contributed by atoms with Crippen molar-refractivity contribution in [3.05, 3.63) is 53.3 Å². The van der Waals surface area contributed by atoms with Crippen LogP contribution in [0, 0.1) is 5.41 Å². The average molecular weight is 563 g/mol. The van der Waals surface area contributed by atoms with Gasteiger partial charge in [0.05, 0.1) is 31.4 Å². The summed E-state index contributed by atoms with van der Waals surface area (Å²) in [5.41, 5.74) is 2.53. The summed E-state index contributed by atoms with van der Waals surface area (Å²) in [5.74, 6) is -1.50. The smallest absolute Gasteiger partial charge is 0.334 e. The summed E-state index contributed by atoms with van der Waals surface area (Å²) in [4.78, 5) is 24.5. The van der Waals surface area contributed by atoms with Crippen LogP contribution in [0.1, 0.15) is 87.5 Å². The minimum atomic E-state index is -1.40. The number of carbonyl (C=O) groups is 2. The summed E-state index contributed by atoms with van der Waals surface area (Å²) < 4.78 is 24.8. The largest absolute Gasteiger partial charge is 0.481 e. The number of aromatic nitrogens is 1. The number of anilines is 1. The Kier molecular flexibility index (Phi) is 12.4. The lowest BCUT2D eigenvalue weighted by molar-refractivity contribution is -0.138. The fraction of sp³-hybridized carbons (Fsp3) is 0.586. The highest BCUT2D eigenvalue weighted by Gasteiger charge is 2.31. The molecule has 216 valence electrons. The molecule has 0 bridgehead atoms. The summed E-state index contributed by atoms with van der Waals surface area (Å²) >= 11 is 0. The number of rotatable bonds is 19. The molecule has 1 unspecified atom stereocenters. The molecule has 0 aliphatic carbocycles. The molecular formula is C29H43N2O7P. The summed E-state index contributed by atoms with van der Waals surface area (Å²) in [7, 11) is -1.40. The van der Waals surface area contributed by atoms with Gasteiger partial charge in [-0.15, -0.1) is 0 Å². The molecule has 1 aromatic carbocycles. The maximum absolute atomic E-state index is 13.1. The number of unbranched alkanes of at least 4 members (excludes halogenated alkanes) is 2. The van der Waals surface area contributed by atoms with Gasteiger partial charge in [-0.1, -0.05) is 40.5 Å². The molecular weight excluding hydrogens is 519 g/mol. The van der Waals surface area contributed by atoms with Crippen molar-refractivity contribution in [1.29, 1.82) is 0 Å². The minimum absolute atomic E-state index is 0.107. The highest BCUT2D eigenvalue weighted by Crippen LogP contribution is 2.40. The van der Waals surface area contributed by atoms with Gasteiger partial charge in [0, 0.05) is 35.4 Å². The predicted octanol–water partition coefficient (Wildman–Crippen LogP) is 6.58. The van der Waals surface area contributed by atoms with E-state index in [1.807, 2.05) is 16.7 Å². The Morgan fingerprint density at radius 2 is 1.69 bits per heavy atom. The van der Waals surface area contributed by atoms with E-state index in [1.54, 1.807) is 24.3 Å². The maximum Gasteiger partial charge on any atom is 0.334 e. The second-order valence-electron chi connectivity index (χ2n) is 10.6. The monoisotopic (exact) mass is 562 g/mol. The van der Waals surface area contributed by atoms with Crippen molar-refractivity contribution in [3.8, 4) is 0 Å². The number of ketones is 1. The van der Waals surface area contributed by atoms with Crippen molar-refractivity contribution in [2.24, 2.45) is 5.41 Å². The molecule has 2 aromatic rings. The van der Waals surface area contributed by atoms with E-state index in [0.29, 0.717) is 56.3 Å². The van der Waals surface area contributed by atoms with E-state index in [0.717, 1.165) is 31.4 Å². The van der Waals surface area contributed by atoms with Crippen LogP contribution in [0.25, 0.3) is 0 Å². The quantitative estimate of drug-likeness (QED) is 0.0856. The third-order valence-electron chi connectivity index (χ3n) is 6.59. The van der Waals surface area contributed by atoms with Gasteiger partial charge in [0.2, 0.25) is 5.78 Å². The molecule has 1 aromatic heterocycles. The predicted molar refractivity (Wildman–Crippen MR) is 152 cm³/mol. The Morgan fingerprint density at radius 1 is 1.03 bits per heavy atom. The van der Waals surface area contributed by atoms with Gasteiger partial charge in [0.15, 0.2) is 6.79 Å². The van der Waals surface area contributed by atoms with Gasteiger partial charge in [0.25, 0.3) is 0 Å². The molecule has 1 aliphatic rings. The zero-order valence-corrected chi connectivity index (χ0v) is 24.5. The summed E-state index contributed by atoms with van der Waals surface area (Å²) in [6, 6.07) is 10.8. The Labute approximate surface area is 233 Å². The normalized spacial score (nSPS) is 15.1. The van der Waals surface area contributed by atoms with Gasteiger partial charge in [-0.05, 0) is 55.7 Å². The van der Waals surface area contributed by atoms with Crippen LogP contribution in [0.5, 0.6) is 0 Å². The van der Waals surface area contributed by atoms with Crippen molar-refractivity contribution in [1.82, 2.24) is 4.57 Å². The summed E-state index contributed by atoms with van der Waals surface area (Å²) in [5, 5.41) is 12.8. The first-order valence-corrected chi connectivity index (χ1v) is 14.9. The third kappa shape index (κ3) is 9.40. The fourth-order valence-corrected chi connectivity index (χ4v) is 5.19. The van der Waals surface area contributed by atoms with Crippen molar-refractivity contribution in [3.63, 3.8) is 0 Å². The number of ether oxygens (including phenoxy) is 1. The number of hydrogen-bond acceptors (Lipinski definition) is 7. The highest BCUT2D eigenvalue weighted by molar-refractivity contribution is 7.41.